The van der Waals surface area contributed by atoms with Gasteiger partial charge in [-0.15, -0.1) is 0 Å². The number of hydrogen-bond acceptors (Lipinski definition) is 4. The topological polar surface area (TPSA) is 64.8 Å². The van der Waals surface area contributed by atoms with E-state index in [4.69, 9.17) is 15.2 Å². The number of hydrogen-bond donors (Lipinski definition) is 1. The summed E-state index contributed by atoms with van der Waals surface area (Å²) >= 11 is 0. The van der Waals surface area contributed by atoms with E-state index in [1.165, 1.54) is 0 Å². The molecule has 0 aromatic heterocycles. The number of ether oxygens (including phenoxy) is 2. The number of nitrogen functional groups attached to an aromatic ring is 1. The van der Waals surface area contributed by atoms with Gasteiger partial charge in [-0.05, 0) is 24.6 Å². The Kier molecular flexibility index (Phi) is 4.27. The lowest BCUT2D eigenvalue weighted by molar-refractivity contribution is -0.00293. The van der Waals surface area contributed by atoms with Gasteiger partial charge in [-0.2, -0.15) is 0 Å². The van der Waals surface area contributed by atoms with Gasteiger partial charge in [0.25, 0.3) is 5.91 Å². The molecule has 1 unspecified atom stereocenters. The lowest BCUT2D eigenvalue weighted by Gasteiger charge is -2.35. The summed E-state index contributed by atoms with van der Waals surface area (Å²) in [7, 11) is 1.55. The Hall–Kier alpha value is -1.75. The molecule has 5 nitrogen and oxygen atoms in total. The van der Waals surface area contributed by atoms with Crippen molar-refractivity contribution in [1.29, 1.82) is 0 Å². The molecule has 1 aliphatic heterocycles. The quantitative estimate of drug-likeness (QED) is 0.841. The third-order valence-electron chi connectivity index (χ3n) is 3.41. The maximum atomic E-state index is 12.6. The van der Waals surface area contributed by atoms with Gasteiger partial charge in [0, 0.05) is 12.2 Å². The molecule has 0 radical (unpaired) electrons. The highest BCUT2D eigenvalue weighted by Crippen LogP contribution is 2.24. The van der Waals surface area contributed by atoms with Crippen molar-refractivity contribution in [1.82, 2.24) is 4.90 Å². The normalized spacial score (nSPS) is 19.3. The number of carbonyl (C=O) groups excluding carboxylic acids is 1. The Balaban J connectivity index is 2.29. The van der Waals surface area contributed by atoms with Gasteiger partial charge >= 0.3 is 0 Å². The number of methoxy groups -OCH3 is 1. The summed E-state index contributed by atoms with van der Waals surface area (Å²) in [5.41, 5.74) is 6.84. The molecule has 2 rings (SSSR count). The third kappa shape index (κ3) is 2.81. The van der Waals surface area contributed by atoms with Crippen molar-refractivity contribution in [2.24, 2.45) is 0 Å². The minimum Gasteiger partial charge on any atom is -0.496 e. The minimum atomic E-state index is -0.0423. The highest BCUT2D eigenvalue weighted by atomic mass is 16.5. The molecule has 1 saturated heterocycles. The Bertz CT molecular complexity index is 462. The molecule has 0 spiro atoms. The molecule has 1 aromatic rings. The zero-order valence-corrected chi connectivity index (χ0v) is 11.4. The van der Waals surface area contributed by atoms with Crippen molar-refractivity contribution in [3.8, 4) is 5.75 Å². The second kappa shape index (κ2) is 5.93. The van der Waals surface area contributed by atoms with Crippen molar-refractivity contribution in [2.45, 2.75) is 19.4 Å². The van der Waals surface area contributed by atoms with Crippen LogP contribution in [0, 0.1) is 0 Å². The molecule has 1 atom stereocenters. The maximum Gasteiger partial charge on any atom is 0.258 e. The molecular weight excluding hydrogens is 244 g/mol. The van der Waals surface area contributed by atoms with E-state index in [1.54, 1.807) is 25.3 Å². The maximum absolute atomic E-state index is 12.6. The largest absolute Gasteiger partial charge is 0.496 e. The summed E-state index contributed by atoms with van der Waals surface area (Å²) in [6, 6.07) is 5.24. The fraction of sp³-hybridized carbons (Fsp3) is 0.500. The van der Waals surface area contributed by atoms with E-state index in [9.17, 15) is 4.79 Å². The SMILES string of the molecule is CCC1COCCN1C(=O)c1cc(N)ccc1OC. The number of nitrogens with zero attached hydrogens (tertiary/aromatic N) is 1. The first-order valence-corrected chi connectivity index (χ1v) is 6.49. The van der Waals surface area contributed by atoms with Crippen LogP contribution >= 0.6 is 0 Å². The first kappa shape index (κ1) is 13.7. The van der Waals surface area contributed by atoms with Gasteiger partial charge in [0.05, 0.1) is 31.9 Å². The Morgan fingerprint density at radius 3 is 3.05 bits per heavy atom. The molecule has 0 bridgehead atoms. The van der Waals surface area contributed by atoms with E-state index in [0.717, 1.165) is 6.42 Å². The van der Waals surface area contributed by atoms with Crippen molar-refractivity contribution in [2.75, 3.05) is 32.6 Å². The summed E-state index contributed by atoms with van der Waals surface area (Å²) in [5.74, 6) is 0.514. The molecule has 1 aromatic carbocycles. The van der Waals surface area contributed by atoms with Crippen LogP contribution in [0.15, 0.2) is 18.2 Å². The molecule has 5 heteroatoms. The summed E-state index contributed by atoms with van der Waals surface area (Å²) in [4.78, 5) is 14.5. The van der Waals surface area contributed by atoms with Crippen LogP contribution in [-0.2, 0) is 4.74 Å². The van der Waals surface area contributed by atoms with Gasteiger partial charge < -0.3 is 20.1 Å². The number of nitrogens with two attached hydrogens (primary N) is 1. The predicted molar refractivity (Wildman–Crippen MR) is 73.3 cm³/mol. The lowest BCUT2D eigenvalue weighted by atomic mass is 10.1. The van der Waals surface area contributed by atoms with Gasteiger partial charge in [0.15, 0.2) is 0 Å². The highest BCUT2D eigenvalue weighted by molar-refractivity contribution is 5.98. The first-order chi connectivity index (χ1) is 9.17. The predicted octanol–water partition coefficient (Wildman–Crippen LogP) is 1.53. The van der Waals surface area contributed by atoms with Crippen molar-refractivity contribution >= 4 is 11.6 Å². The molecule has 1 aliphatic rings. The smallest absolute Gasteiger partial charge is 0.258 e. The first-order valence-electron chi connectivity index (χ1n) is 6.49. The molecule has 1 heterocycles. The number of amides is 1. The van der Waals surface area contributed by atoms with Crippen molar-refractivity contribution in [3.63, 3.8) is 0 Å². The van der Waals surface area contributed by atoms with E-state index in [2.05, 4.69) is 6.92 Å². The van der Waals surface area contributed by atoms with Crippen LogP contribution in [0.3, 0.4) is 0 Å². The molecule has 2 N–H and O–H groups in total. The van der Waals surface area contributed by atoms with Crippen molar-refractivity contribution in [3.05, 3.63) is 23.8 Å². The summed E-state index contributed by atoms with van der Waals surface area (Å²) < 4.78 is 10.7. The summed E-state index contributed by atoms with van der Waals surface area (Å²) in [6.07, 6.45) is 0.871. The van der Waals surface area contributed by atoms with Gasteiger partial charge in [-0.25, -0.2) is 0 Å². The molecule has 1 fully saturated rings. The van der Waals surface area contributed by atoms with Crippen LogP contribution in [0.25, 0.3) is 0 Å². The van der Waals surface area contributed by atoms with Crippen molar-refractivity contribution < 1.29 is 14.3 Å². The lowest BCUT2D eigenvalue weighted by Crippen LogP contribution is -2.48. The van der Waals surface area contributed by atoms with Crippen LogP contribution in [0.2, 0.25) is 0 Å². The van der Waals surface area contributed by atoms with E-state index < -0.39 is 0 Å². The molecule has 0 aliphatic carbocycles. The molecule has 0 saturated carbocycles. The zero-order valence-electron chi connectivity index (χ0n) is 11.4. The Morgan fingerprint density at radius 1 is 1.58 bits per heavy atom. The van der Waals surface area contributed by atoms with Gasteiger partial charge in [-0.3, -0.25) is 4.79 Å². The number of anilines is 1. The third-order valence-corrected chi connectivity index (χ3v) is 3.41. The summed E-state index contributed by atoms with van der Waals surface area (Å²) in [6.45, 7) is 3.82. The van der Waals surface area contributed by atoms with Gasteiger partial charge in [0.1, 0.15) is 5.75 Å². The molecular formula is C14H20N2O3. The Labute approximate surface area is 113 Å². The second-order valence-corrected chi connectivity index (χ2v) is 4.60. The number of carbonyl (C=O) groups is 1. The number of rotatable bonds is 3. The fourth-order valence-corrected chi connectivity index (χ4v) is 2.31. The minimum absolute atomic E-state index is 0.0423. The second-order valence-electron chi connectivity index (χ2n) is 4.60. The highest BCUT2D eigenvalue weighted by Gasteiger charge is 2.28. The standard InChI is InChI=1S/C14H20N2O3/c1-3-11-9-19-7-6-16(11)14(17)12-8-10(15)4-5-13(12)18-2/h4-5,8,11H,3,6-7,9,15H2,1-2H3. The van der Waals surface area contributed by atoms with Gasteiger partial charge in [-0.1, -0.05) is 6.92 Å². The Morgan fingerprint density at radius 2 is 2.37 bits per heavy atom. The van der Waals surface area contributed by atoms with E-state index in [0.29, 0.717) is 36.8 Å². The zero-order chi connectivity index (χ0) is 13.8. The van der Waals surface area contributed by atoms with Crippen LogP contribution in [0.5, 0.6) is 5.75 Å². The van der Waals surface area contributed by atoms with E-state index in [1.807, 2.05) is 4.90 Å². The monoisotopic (exact) mass is 264 g/mol. The fourth-order valence-electron chi connectivity index (χ4n) is 2.31. The van der Waals surface area contributed by atoms with Crippen LogP contribution in [0.4, 0.5) is 5.69 Å². The molecule has 1 amide bonds. The molecule has 104 valence electrons. The average Bonchev–Trinajstić information content (AvgIpc) is 2.46. The van der Waals surface area contributed by atoms with E-state index >= 15 is 0 Å². The summed E-state index contributed by atoms with van der Waals surface area (Å²) in [5, 5.41) is 0. The van der Waals surface area contributed by atoms with Crippen LogP contribution in [0.1, 0.15) is 23.7 Å². The van der Waals surface area contributed by atoms with Gasteiger partial charge in [0.2, 0.25) is 0 Å². The van der Waals surface area contributed by atoms with Crippen LogP contribution in [-0.4, -0.2) is 43.7 Å². The average molecular weight is 264 g/mol. The van der Waals surface area contributed by atoms with E-state index in [-0.39, 0.29) is 11.9 Å². The number of morpholine rings is 1. The van der Waals surface area contributed by atoms with Crippen LogP contribution < -0.4 is 10.5 Å². The molecule has 19 heavy (non-hydrogen) atoms. The number of benzene rings is 1.